The van der Waals surface area contributed by atoms with Crippen molar-refractivity contribution in [2.45, 2.75) is 18.9 Å². The highest BCUT2D eigenvalue weighted by atomic mass is 16.5. The molecule has 35 heavy (non-hydrogen) atoms. The summed E-state index contributed by atoms with van der Waals surface area (Å²) < 4.78 is 21.7. The van der Waals surface area contributed by atoms with Crippen LogP contribution in [0.5, 0.6) is 23.0 Å². The maximum absolute atomic E-state index is 12.6. The van der Waals surface area contributed by atoms with Gasteiger partial charge in [0.25, 0.3) is 5.91 Å². The van der Waals surface area contributed by atoms with Gasteiger partial charge < -0.3 is 35.1 Å². The third-order valence-electron chi connectivity index (χ3n) is 5.29. The molecule has 0 saturated heterocycles. The maximum Gasteiger partial charge on any atom is 0.303 e. The summed E-state index contributed by atoms with van der Waals surface area (Å²) in [4.78, 5) is 23.4. The van der Waals surface area contributed by atoms with Crippen molar-refractivity contribution in [3.8, 4) is 45.5 Å². The van der Waals surface area contributed by atoms with Crippen molar-refractivity contribution in [3.63, 3.8) is 0 Å². The van der Waals surface area contributed by atoms with E-state index in [1.807, 2.05) is 0 Å². The summed E-state index contributed by atoms with van der Waals surface area (Å²) in [6.45, 7) is 0. The molecule has 1 heterocycles. The Morgan fingerprint density at radius 2 is 1.54 bits per heavy atom. The van der Waals surface area contributed by atoms with E-state index < -0.39 is 17.9 Å². The van der Waals surface area contributed by atoms with E-state index in [1.54, 1.807) is 30.3 Å². The molecule has 0 aliphatic rings. The Hall–Kier alpha value is -4.32. The first-order valence-corrected chi connectivity index (χ1v) is 10.6. The number of methoxy groups -OCH3 is 4. The van der Waals surface area contributed by atoms with Crippen molar-refractivity contribution in [1.29, 1.82) is 0 Å². The lowest BCUT2D eigenvalue weighted by Crippen LogP contribution is -2.66. The van der Waals surface area contributed by atoms with Gasteiger partial charge in [-0.2, -0.15) is 15.4 Å². The number of benzene rings is 2. The van der Waals surface area contributed by atoms with Gasteiger partial charge in [0.05, 0.1) is 40.5 Å². The van der Waals surface area contributed by atoms with Gasteiger partial charge in [-0.3, -0.25) is 9.59 Å². The van der Waals surface area contributed by atoms with Crippen LogP contribution in [0.2, 0.25) is 0 Å². The molecule has 186 valence electrons. The number of carbonyl (C=O) groups is 2. The van der Waals surface area contributed by atoms with Crippen LogP contribution in [0, 0.1) is 0 Å². The largest absolute Gasteiger partial charge is 0.495 e. The normalized spacial score (nSPS) is 11.5. The van der Waals surface area contributed by atoms with E-state index in [9.17, 15) is 9.59 Å². The van der Waals surface area contributed by atoms with Crippen molar-refractivity contribution in [3.05, 3.63) is 30.3 Å². The summed E-state index contributed by atoms with van der Waals surface area (Å²) in [5, 5.41) is 22.9. The molecular formula is C23H28N5O7+. The molecule has 1 atom stereocenters. The van der Waals surface area contributed by atoms with Gasteiger partial charge in [-0.1, -0.05) is 0 Å². The van der Waals surface area contributed by atoms with Crippen LogP contribution in [-0.2, 0) is 9.59 Å². The van der Waals surface area contributed by atoms with Gasteiger partial charge in [0.1, 0.15) is 17.1 Å². The Bertz CT molecular complexity index is 1190. The quantitative estimate of drug-likeness (QED) is 0.314. The van der Waals surface area contributed by atoms with Crippen LogP contribution in [0.4, 0.5) is 5.69 Å². The minimum absolute atomic E-state index is 0.109. The van der Waals surface area contributed by atoms with Gasteiger partial charge in [0.2, 0.25) is 5.75 Å². The zero-order valence-electron chi connectivity index (χ0n) is 19.9. The molecule has 0 spiro atoms. The molecule has 1 amide bonds. The number of nitrogens with zero attached hydrogens (tertiary/aromatic N) is 2. The molecule has 0 bridgehead atoms. The number of carboxylic acids is 1. The van der Waals surface area contributed by atoms with Crippen LogP contribution in [0.3, 0.4) is 0 Å². The summed E-state index contributed by atoms with van der Waals surface area (Å²) in [6.07, 6.45) is -0.0480. The average Bonchev–Trinajstić information content (AvgIpc) is 3.36. The lowest BCUT2D eigenvalue weighted by atomic mass is 10.0. The van der Waals surface area contributed by atoms with Gasteiger partial charge in [-0.15, -0.1) is 0 Å². The molecule has 0 radical (unpaired) electrons. The van der Waals surface area contributed by atoms with Gasteiger partial charge in [0, 0.05) is 17.5 Å². The number of quaternary nitrogens is 1. The number of ether oxygens (including phenoxy) is 4. The molecular weight excluding hydrogens is 458 g/mol. The number of carbonyl (C=O) groups excluding carboxylic acids is 1. The van der Waals surface area contributed by atoms with Crippen LogP contribution in [0.15, 0.2) is 30.3 Å². The predicted octanol–water partition coefficient (Wildman–Crippen LogP) is 1.59. The SMILES string of the molecule is COc1ccc(-c2n[nH]nc2-c2cc(OC)c(OC)c(OC)c2)cc1NC(=O)C([NH3+])CCC(=O)O. The van der Waals surface area contributed by atoms with Gasteiger partial charge in [-0.25, -0.2) is 0 Å². The molecule has 0 aliphatic heterocycles. The zero-order valence-corrected chi connectivity index (χ0v) is 19.9. The lowest BCUT2D eigenvalue weighted by molar-refractivity contribution is -0.403. The standard InChI is InChI=1S/C23H27N5O7/c1-32-16-7-5-12(9-15(16)25-23(31)14(24)6-8-19(29)30)20-21(27-28-26-20)13-10-17(33-2)22(35-4)18(11-13)34-3/h5,7,9-11,14H,6,8,24H2,1-4H3,(H,25,31)(H,29,30)(H,26,27,28)/p+1. The van der Waals surface area contributed by atoms with Crippen LogP contribution in [-0.4, -0.2) is 66.9 Å². The van der Waals surface area contributed by atoms with Crippen molar-refractivity contribution in [2.75, 3.05) is 33.8 Å². The number of rotatable bonds is 11. The third kappa shape index (κ3) is 5.61. The number of hydrogen-bond donors (Lipinski definition) is 4. The van der Waals surface area contributed by atoms with Crippen LogP contribution < -0.4 is 30.0 Å². The molecule has 3 aromatic rings. The number of H-pyrrole nitrogens is 1. The zero-order chi connectivity index (χ0) is 25.5. The number of aromatic amines is 1. The number of carboxylic acid groups (broad SMARTS) is 1. The molecule has 0 saturated carbocycles. The Balaban J connectivity index is 1.98. The van der Waals surface area contributed by atoms with Crippen LogP contribution >= 0.6 is 0 Å². The fraction of sp³-hybridized carbons (Fsp3) is 0.304. The van der Waals surface area contributed by atoms with Crippen LogP contribution in [0.25, 0.3) is 22.5 Å². The smallest absolute Gasteiger partial charge is 0.303 e. The van der Waals surface area contributed by atoms with Crippen molar-refractivity contribution < 1.29 is 39.4 Å². The second-order valence-electron chi connectivity index (χ2n) is 7.47. The highest BCUT2D eigenvalue weighted by Gasteiger charge is 2.22. The molecule has 0 aliphatic carbocycles. The Kier molecular flexibility index (Phi) is 8.10. The number of hydrogen-bond acceptors (Lipinski definition) is 8. The first-order chi connectivity index (χ1) is 16.8. The molecule has 1 aromatic heterocycles. The average molecular weight is 487 g/mol. The maximum atomic E-state index is 12.6. The van der Waals surface area contributed by atoms with Gasteiger partial charge in [0.15, 0.2) is 17.5 Å². The minimum Gasteiger partial charge on any atom is -0.495 e. The summed E-state index contributed by atoms with van der Waals surface area (Å²) in [6, 6.07) is 7.92. The molecule has 3 rings (SSSR count). The van der Waals surface area contributed by atoms with Crippen molar-refractivity contribution in [2.24, 2.45) is 0 Å². The minimum atomic E-state index is -0.989. The van der Waals surface area contributed by atoms with Crippen molar-refractivity contribution >= 4 is 17.6 Å². The second-order valence-corrected chi connectivity index (χ2v) is 7.47. The topological polar surface area (TPSA) is 173 Å². The predicted molar refractivity (Wildman–Crippen MR) is 126 cm³/mol. The summed E-state index contributed by atoms with van der Waals surface area (Å²) in [7, 11) is 6.05. The first kappa shape index (κ1) is 25.3. The van der Waals surface area contributed by atoms with Crippen molar-refractivity contribution in [1.82, 2.24) is 15.4 Å². The van der Waals surface area contributed by atoms with E-state index >= 15 is 0 Å². The number of aliphatic carboxylic acids is 1. The van der Waals surface area contributed by atoms with Gasteiger partial charge in [-0.05, 0) is 30.3 Å². The fourth-order valence-corrected chi connectivity index (χ4v) is 3.47. The Morgan fingerprint density at radius 3 is 2.09 bits per heavy atom. The summed E-state index contributed by atoms with van der Waals surface area (Å²) in [5.41, 5.74) is 6.48. The Labute approximate surface area is 201 Å². The summed E-state index contributed by atoms with van der Waals surface area (Å²) in [5.74, 6) is 0.375. The van der Waals surface area contributed by atoms with E-state index in [0.29, 0.717) is 51.2 Å². The van der Waals surface area contributed by atoms with Gasteiger partial charge >= 0.3 is 5.97 Å². The van der Waals surface area contributed by atoms with E-state index in [1.165, 1.54) is 28.4 Å². The number of amides is 1. The van der Waals surface area contributed by atoms with E-state index in [0.717, 1.165) is 0 Å². The third-order valence-corrected chi connectivity index (χ3v) is 5.29. The van der Waals surface area contributed by atoms with Crippen LogP contribution in [0.1, 0.15) is 12.8 Å². The second kappa shape index (κ2) is 11.2. The molecule has 12 heteroatoms. The molecule has 0 fully saturated rings. The van der Waals surface area contributed by atoms with E-state index in [4.69, 9.17) is 24.1 Å². The molecule has 2 aromatic carbocycles. The Morgan fingerprint density at radius 1 is 0.943 bits per heavy atom. The highest BCUT2D eigenvalue weighted by molar-refractivity contribution is 5.96. The molecule has 6 N–H and O–H groups in total. The number of anilines is 1. The first-order valence-electron chi connectivity index (χ1n) is 10.6. The number of nitrogens with one attached hydrogen (secondary N) is 2. The van der Waals surface area contributed by atoms with E-state index in [-0.39, 0.29) is 12.8 Å². The lowest BCUT2D eigenvalue weighted by Gasteiger charge is -2.15. The summed E-state index contributed by atoms with van der Waals surface area (Å²) >= 11 is 0. The fourth-order valence-electron chi connectivity index (χ4n) is 3.47. The van der Waals surface area contributed by atoms with E-state index in [2.05, 4.69) is 26.5 Å². The molecule has 12 nitrogen and oxygen atoms in total. The number of aromatic nitrogens is 3. The highest BCUT2D eigenvalue weighted by Crippen LogP contribution is 2.42. The monoisotopic (exact) mass is 486 g/mol. The molecule has 1 unspecified atom stereocenters.